The van der Waals surface area contributed by atoms with E-state index in [0.29, 0.717) is 18.8 Å². The summed E-state index contributed by atoms with van der Waals surface area (Å²) in [6.07, 6.45) is 0.982. The smallest absolute Gasteiger partial charge is 0.322 e. The Bertz CT molecular complexity index is 828. The monoisotopic (exact) mass is 387 g/mol. The third-order valence-corrected chi connectivity index (χ3v) is 7.25. The zero-order chi connectivity index (χ0) is 20.3. The molecule has 0 spiro atoms. The minimum Gasteiger partial charge on any atom is -0.497 e. The van der Waals surface area contributed by atoms with Crippen LogP contribution in [0.1, 0.15) is 37.3 Å². The van der Waals surface area contributed by atoms with Gasteiger partial charge in [-0.1, -0.05) is 13.0 Å². The van der Waals surface area contributed by atoms with Gasteiger partial charge in [-0.25, -0.2) is 4.79 Å². The fraction of sp³-hybridized carbons (Fsp3) is 0.619. The van der Waals surface area contributed by atoms with E-state index in [1.807, 2.05) is 39.1 Å². The first-order valence-corrected chi connectivity index (χ1v) is 9.93. The Morgan fingerprint density at radius 3 is 2.64 bits per heavy atom. The Hall–Kier alpha value is -2.12. The highest BCUT2D eigenvalue weighted by molar-refractivity contribution is 6.07. The number of hydrogen-bond acceptors (Lipinski definition) is 5. The molecule has 2 heterocycles. The number of rotatable bonds is 5. The fourth-order valence-electron chi connectivity index (χ4n) is 5.79. The van der Waals surface area contributed by atoms with Gasteiger partial charge in [-0.2, -0.15) is 0 Å². The van der Waals surface area contributed by atoms with Gasteiger partial charge in [0, 0.05) is 18.0 Å². The predicted octanol–water partition coefficient (Wildman–Crippen LogP) is 1.31. The van der Waals surface area contributed by atoms with Crippen molar-refractivity contribution in [3.8, 4) is 5.75 Å². The van der Waals surface area contributed by atoms with Crippen LogP contribution in [0.3, 0.4) is 0 Å². The van der Waals surface area contributed by atoms with E-state index in [1.54, 1.807) is 7.11 Å². The van der Waals surface area contributed by atoms with Crippen LogP contribution in [-0.4, -0.2) is 60.3 Å². The normalized spacial score (nSPS) is 37.2. The van der Waals surface area contributed by atoms with E-state index in [1.165, 1.54) is 0 Å². The summed E-state index contributed by atoms with van der Waals surface area (Å²) in [5.74, 6) is 0.796. The first kappa shape index (κ1) is 19.2. The van der Waals surface area contributed by atoms with Gasteiger partial charge in [0.25, 0.3) is 5.91 Å². The molecule has 2 aliphatic heterocycles. The summed E-state index contributed by atoms with van der Waals surface area (Å²) in [5.41, 5.74) is 0.406. The molecule has 3 fully saturated rings. The maximum absolute atomic E-state index is 12.7. The second kappa shape index (κ2) is 6.46. The van der Waals surface area contributed by atoms with Crippen LogP contribution in [0.4, 0.5) is 4.79 Å². The lowest BCUT2D eigenvalue weighted by molar-refractivity contribution is -0.125. The summed E-state index contributed by atoms with van der Waals surface area (Å²) in [7, 11) is 3.65. The Morgan fingerprint density at radius 1 is 1.36 bits per heavy atom. The number of imide groups is 1. The number of fused-ring (bicyclic) bond motifs is 1. The molecule has 0 bridgehead atoms. The summed E-state index contributed by atoms with van der Waals surface area (Å²) in [4.78, 5) is 26.9. The molecule has 1 aromatic rings. The maximum Gasteiger partial charge on any atom is 0.322 e. The number of nitrogens with zero attached hydrogens (tertiary/aromatic N) is 1. The van der Waals surface area contributed by atoms with Crippen molar-refractivity contribution in [3.05, 3.63) is 29.3 Å². The van der Waals surface area contributed by atoms with E-state index in [2.05, 4.69) is 15.5 Å². The SMILES string of the molecule is CCC1(CC2(c3cc(OC)ccc3C)CC3CN(C)C3C2O)NC(=O)NC1=O. The van der Waals surface area contributed by atoms with Crippen molar-refractivity contribution in [1.82, 2.24) is 15.5 Å². The summed E-state index contributed by atoms with van der Waals surface area (Å²) in [6.45, 7) is 4.86. The Kier molecular flexibility index (Phi) is 4.43. The molecule has 5 atom stereocenters. The van der Waals surface area contributed by atoms with Crippen LogP contribution in [0.15, 0.2) is 18.2 Å². The number of carbonyl (C=O) groups is 2. The Morgan fingerprint density at radius 2 is 2.11 bits per heavy atom. The van der Waals surface area contributed by atoms with Gasteiger partial charge in [0.15, 0.2) is 0 Å². The van der Waals surface area contributed by atoms with E-state index < -0.39 is 23.1 Å². The third-order valence-electron chi connectivity index (χ3n) is 7.25. The van der Waals surface area contributed by atoms with Gasteiger partial charge in [-0.15, -0.1) is 0 Å². The molecule has 0 radical (unpaired) electrons. The molecule has 0 aromatic heterocycles. The van der Waals surface area contributed by atoms with E-state index in [0.717, 1.165) is 29.8 Å². The Labute approximate surface area is 165 Å². The van der Waals surface area contributed by atoms with Crippen LogP contribution in [0.5, 0.6) is 5.75 Å². The molecule has 4 rings (SSSR count). The molecule has 28 heavy (non-hydrogen) atoms. The van der Waals surface area contributed by atoms with Gasteiger partial charge in [0.1, 0.15) is 11.3 Å². The first-order valence-electron chi connectivity index (χ1n) is 9.93. The number of aliphatic hydroxyl groups is 1. The highest BCUT2D eigenvalue weighted by Crippen LogP contribution is 2.55. The summed E-state index contributed by atoms with van der Waals surface area (Å²) in [5, 5.41) is 16.8. The highest BCUT2D eigenvalue weighted by atomic mass is 16.5. The number of aliphatic hydroxyl groups excluding tert-OH is 1. The molecule has 3 amide bonds. The lowest BCUT2D eigenvalue weighted by Gasteiger charge is -2.44. The molecule has 152 valence electrons. The second-order valence-corrected chi connectivity index (χ2v) is 8.70. The lowest BCUT2D eigenvalue weighted by atomic mass is 9.66. The number of methoxy groups -OCH3 is 1. The highest BCUT2D eigenvalue weighted by Gasteiger charge is 2.63. The van der Waals surface area contributed by atoms with Crippen molar-refractivity contribution >= 4 is 11.9 Å². The quantitative estimate of drug-likeness (QED) is 0.663. The van der Waals surface area contributed by atoms with Crippen LogP contribution in [-0.2, 0) is 10.2 Å². The summed E-state index contributed by atoms with van der Waals surface area (Å²) in [6, 6.07) is 5.50. The van der Waals surface area contributed by atoms with Crippen LogP contribution >= 0.6 is 0 Å². The molecule has 1 aliphatic carbocycles. The molecule has 5 unspecified atom stereocenters. The van der Waals surface area contributed by atoms with Crippen molar-refractivity contribution < 1.29 is 19.4 Å². The number of aryl methyl sites for hydroxylation is 1. The summed E-state index contributed by atoms with van der Waals surface area (Å²) >= 11 is 0. The number of hydrogen-bond donors (Lipinski definition) is 3. The Balaban J connectivity index is 1.84. The van der Waals surface area contributed by atoms with Gasteiger partial charge in [-0.05, 0) is 62.4 Å². The lowest BCUT2D eigenvalue weighted by Crippen LogP contribution is -2.58. The topological polar surface area (TPSA) is 90.9 Å². The van der Waals surface area contributed by atoms with Crippen LogP contribution in [0.2, 0.25) is 0 Å². The predicted molar refractivity (Wildman–Crippen MR) is 104 cm³/mol. The van der Waals surface area contributed by atoms with Crippen molar-refractivity contribution in [2.24, 2.45) is 5.92 Å². The molecule has 3 aliphatic rings. The van der Waals surface area contributed by atoms with Gasteiger partial charge in [-0.3, -0.25) is 10.1 Å². The standard InChI is InChI=1S/C21H29N3O4/c1-5-21(18(26)22-19(27)23-21)11-20(9-13-10-24(3)16(13)17(20)25)15-8-14(28-4)7-6-12(15)2/h6-8,13,16-17,25H,5,9-11H2,1-4H3,(H2,22,23,26,27). The van der Waals surface area contributed by atoms with Crippen molar-refractivity contribution in [3.63, 3.8) is 0 Å². The number of amides is 3. The third kappa shape index (κ3) is 2.56. The van der Waals surface area contributed by atoms with Crippen molar-refractivity contribution in [2.75, 3.05) is 20.7 Å². The number of carbonyl (C=O) groups excluding carboxylic acids is 2. The van der Waals surface area contributed by atoms with Crippen LogP contribution in [0.25, 0.3) is 0 Å². The largest absolute Gasteiger partial charge is 0.497 e. The van der Waals surface area contributed by atoms with E-state index in [-0.39, 0.29) is 11.9 Å². The number of benzene rings is 1. The van der Waals surface area contributed by atoms with Gasteiger partial charge < -0.3 is 20.1 Å². The first-order chi connectivity index (χ1) is 13.3. The minimum absolute atomic E-state index is 0.0691. The minimum atomic E-state index is -1.02. The zero-order valence-corrected chi connectivity index (χ0v) is 16.9. The number of ether oxygens (including phenoxy) is 1. The molecule has 2 saturated heterocycles. The maximum atomic E-state index is 12.7. The average Bonchev–Trinajstić information content (AvgIpc) is 3.05. The van der Waals surface area contributed by atoms with Crippen LogP contribution < -0.4 is 15.4 Å². The molecule has 1 saturated carbocycles. The van der Waals surface area contributed by atoms with E-state index in [4.69, 9.17) is 4.74 Å². The summed E-state index contributed by atoms with van der Waals surface area (Å²) < 4.78 is 5.46. The molecule has 1 aromatic carbocycles. The molecule has 7 heteroatoms. The molecular formula is C21H29N3O4. The molecular weight excluding hydrogens is 358 g/mol. The van der Waals surface area contributed by atoms with Gasteiger partial charge in [0.05, 0.1) is 13.2 Å². The van der Waals surface area contributed by atoms with Gasteiger partial charge >= 0.3 is 6.03 Å². The molecule has 3 N–H and O–H groups in total. The number of nitrogens with one attached hydrogen (secondary N) is 2. The average molecular weight is 387 g/mol. The van der Waals surface area contributed by atoms with Crippen molar-refractivity contribution in [1.29, 1.82) is 0 Å². The number of urea groups is 1. The van der Waals surface area contributed by atoms with Crippen LogP contribution in [0, 0.1) is 12.8 Å². The fourth-order valence-corrected chi connectivity index (χ4v) is 5.79. The van der Waals surface area contributed by atoms with E-state index >= 15 is 0 Å². The number of likely N-dealkylation sites (N-methyl/N-ethyl adjacent to an activating group) is 1. The van der Waals surface area contributed by atoms with E-state index in [9.17, 15) is 14.7 Å². The van der Waals surface area contributed by atoms with Gasteiger partial charge in [0.2, 0.25) is 0 Å². The molecule has 7 nitrogen and oxygen atoms in total. The number of likely N-dealkylation sites (tertiary alicyclic amines) is 1. The second-order valence-electron chi connectivity index (χ2n) is 8.70. The zero-order valence-electron chi connectivity index (χ0n) is 16.9. The van der Waals surface area contributed by atoms with Crippen molar-refractivity contribution in [2.45, 2.75) is 56.2 Å².